The van der Waals surface area contributed by atoms with Crippen LogP contribution in [0.4, 0.5) is 5.69 Å². The standard InChI is InChI=1S/C19H20N2O2S2/c1-14-7-9-15(10-8-14)11-24-19-20-17-12-25(22,23)13-18(17)21(19)16-5-3-2-4-6-16/h2-10,17-18H,11-13H2,1H3. The molecule has 0 amide bonds. The van der Waals surface area contributed by atoms with Crippen molar-refractivity contribution in [2.45, 2.75) is 24.8 Å². The zero-order valence-electron chi connectivity index (χ0n) is 14.0. The third-order valence-corrected chi connectivity index (χ3v) is 7.37. The van der Waals surface area contributed by atoms with Gasteiger partial charge in [0.15, 0.2) is 15.0 Å². The van der Waals surface area contributed by atoms with Gasteiger partial charge in [0.2, 0.25) is 0 Å². The number of anilines is 1. The van der Waals surface area contributed by atoms with Crippen LogP contribution in [-0.4, -0.2) is 37.2 Å². The summed E-state index contributed by atoms with van der Waals surface area (Å²) in [6.07, 6.45) is 0. The maximum atomic E-state index is 12.0. The molecule has 130 valence electrons. The van der Waals surface area contributed by atoms with E-state index in [9.17, 15) is 8.42 Å². The van der Waals surface area contributed by atoms with Crippen molar-refractivity contribution in [2.75, 3.05) is 16.4 Å². The summed E-state index contributed by atoms with van der Waals surface area (Å²) < 4.78 is 24.1. The number of hydrogen-bond donors (Lipinski definition) is 0. The summed E-state index contributed by atoms with van der Waals surface area (Å²) in [6, 6.07) is 18.3. The van der Waals surface area contributed by atoms with E-state index in [1.807, 2.05) is 30.3 Å². The molecule has 2 aromatic rings. The van der Waals surface area contributed by atoms with E-state index in [0.29, 0.717) is 0 Å². The molecule has 2 aromatic carbocycles. The van der Waals surface area contributed by atoms with E-state index in [1.165, 1.54) is 11.1 Å². The number of fused-ring (bicyclic) bond motifs is 1. The Morgan fingerprint density at radius 1 is 1.08 bits per heavy atom. The van der Waals surface area contributed by atoms with Crippen LogP contribution in [0.2, 0.25) is 0 Å². The lowest BCUT2D eigenvalue weighted by Crippen LogP contribution is -2.39. The first-order chi connectivity index (χ1) is 12.0. The largest absolute Gasteiger partial charge is 0.315 e. The molecule has 0 spiro atoms. The van der Waals surface area contributed by atoms with E-state index in [0.717, 1.165) is 16.6 Å². The summed E-state index contributed by atoms with van der Waals surface area (Å²) in [5.41, 5.74) is 3.51. The Hall–Kier alpha value is -1.79. The van der Waals surface area contributed by atoms with Crippen LogP contribution in [0.1, 0.15) is 11.1 Å². The van der Waals surface area contributed by atoms with Crippen LogP contribution < -0.4 is 4.90 Å². The van der Waals surface area contributed by atoms with Gasteiger partial charge in [0.1, 0.15) is 0 Å². The van der Waals surface area contributed by atoms with Crippen molar-refractivity contribution in [3.8, 4) is 0 Å². The zero-order chi connectivity index (χ0) is 17.4. The highest BCUT2D eigenvalue weighted by Crippen LogP contribution is 2.35. The monoisotopic (exact) mass is 372 g/mol. The second kappa shape index (κ2) is 6.50. The van der Waals surface area contributed by atoms with Crippen LogP contribution in [0, 0.1) is 6.92 Å². The van der Waals surface area contributed by atoms with Crippen molar-refractivity contribution < 1.29 is 8.42 Å². The fraction of sp³-hybridized carbons (Fsp3) is 0.316. The first kappa shape index (κ1) is 16.7. The Balaban J connectivity index is 1.59. The molecule has 4 nitrogen and oxygen atoms in total. The second-order valence-electron chi connectivity index (χ2n) is 6.60. The zero-order valence-corrected chi connectivity index (χ0v) is 15.6. The molecular formula is C19H20N2O2S2. The summed E-state index contributed by atoms with van der Waals surface area (Å²) in [6.45, 7) is 2.08. The molecule has 0 saturated carbocycles. The van der Waals surface area contributed by atoms with Crippen LogP contribution in [0.25, 0.3) is 0 Å². The quantitative estimate of drug-likeness (QED) is 0.830. The number of aryl methyl sites for hydroxylation is 1. The molecule has 0 aromatic heterocycles. The molecule has 1 saturated heterocycles. The van der Waals surface area contributed by atoms with Gasteiger partial charge in [-0.1, -0.05) is 59.8 Å². The van der Waals surface area contributed by atoms with Crippen molar-refractivity contribution in [1.29, 1.82) is 0 Å². The number of para-hydroxylation sites is 1. The van der Waals surface area contributed by atoms with E-state index in [4.69, 9.17) is 4.99 Å². The fourth-order valence-electron chi connectivity index (χ4n) is 3.36. The summed E-state index contributed by atoms with van der Waals surface area (Å²) in [5.74, 6) is 1.18. The predicted molar refractivity (Wildman–Crippen MR) is 105 cm³/mol. The molecule has 2 heterocycles. The van der Waals surface area contributed by atoms with E-state index >= 15 is 0 Å². The smallest absolute Gasteiger partial charge is 0.164 e. The van der Waals surface area contributed by atoms with Gasteiger partial charge in [0.25, 0.3) is 0 Å². The Morgan fingerprint density at radius 2 is 1.80 bits per heavy atom. The lowest BCUT2D eigenvalue weighted by atomic mass is 10.1. The molecule has 2 atom stereocenters. The van der Waals surface area contributed by atoms with Gasteiger partial charge in [0, 0.05) is 11.4 Å². The molecule has 1 fully saturated rings. The Kier molecular flexibility index (Phi) is 4.33. The molecule has 6 heteroatoms. The number of hydrogen-bond acceptors (Lipinski definition) is 5. The van der Waals surface area contributed by atoms with Crippen LogP contribution in [-0.2, 0) is 15.6 Å². The second-order valence-corrected chi connectivity index (χ2v) is 9.70. The third kappa shape index (κ3) is 3.46. The predicted octanol–water partition coefficient (Wildman–Crippen LogP) is 3.27. The van der Waals surface area contributed by atoms with Gasteiger partial charge in [-0.15, -0.1) is 0 Å². The van der Waals surface area contributed by atoms with Gasteiger partial charge in [-0.2, -0.15) is 0 Å². The average Bonchev–Trinajstić information content (AvgIpc) is 3.06. The molecule has 0 N–H and O–H groups in total. The van der Waals surface area contributed by atoms with Crippen molar-refractivity contribution in [1.82, 2.24) is 0 Å². The molecule has 25 heavy (non-hydrogen) atoms. The lowest BCUT2D eigenvalue weighted by molar-refractivity contribution is 0.601. The number of sulfone groups is 1. The molecule has 4 rings (SSSR count). The topological polar surface area (TPSA) is 49.7 Å². The van der Waals surface area contributed by atoms with Gasteiger partial charge in [-0.05, 0) is 24.6 Å². The average molecular weight is 373 g/mol. The van der Waals surface area contributed by atoms with E-state index in [-0.39, 0.29) is 23.6 Å². The highest BCUT2D eigenvalue weighted by molar-refractivity contribution is 8.13. The first-order valence-corrected chi connectivity index (χ1v) is 11.1. The summed E-state index contributed by atoms with van der Waals surface area (Å²) in [7, 11) is -3.00. The number of aliphatic imine (C=N–C) groups is 1. The Bertz CT molecular complexity index is 893. The van der Waals surface area contributed by atoms with Crippen LogP contribution in [0.5, 0.6) is 0 Å². The van der Waals surface area contributed by atoms with Gasteiger partial charge >= 0.3 is 0 Å². The number of thioether (sulfide) groups is 1. The molecule has 2 aliphatic rings. The van der Waals surface area contributed by atoms with Crippen molar-refractivity contribution in [2.24, 2.45) is 4.99 Å². The van der Waals surface area contributed by atoms with Gasteiger partial charge in [-0.25, -0.2) is 8.42 Å². The minimum atomic E-state index is -3.00. The molecular weight excluding hydrogens is 352 g/mol. The summed E-state index contributed by atoms with van der Waals surface area (Å²) >= 11 is 1.68. The Labute approximate surface area is 152 Å². The minimum absolute atomic E-state index is 0.0760. The molecule has 0 bridgehead atoms. The van der Waals surface area contributed by atoms with Gasteiger partial charge in [0.05, 0.1) is 23.6 Å². The first-order valence-electron chi connectivity index (χ1n) is 8.33. The minimum Gasteiger partial charge on any atom is -0.315 e. The number of rotatable bonds is 3. The van der Waals surface area contributed by atoms with Crippen molar-refractivity contribution in [3.63, 3.8) is 0 Å². The highest BCUT2D eigenvalue weighted by Gasteiger charge is 2.47. The molecule has 2 unspecified atom stereocenters. The maximum Gasteiger partial charge on any atom is 0.164 e. The van der Waals surface area contributed by atoms with E-state index in [2.05, 4.69) is 36.1 Å². The number of benzene rings is 2. The fourth-order valence-corrected chi connectivity index (χ4v) is 6.28. The SMILES string of the molecule is Cc1ccc(CSC2=NC3CS(=O)(=O)CC3N2c2ccccc2)cc1. The van der Waals surface area contributed by atoms with E-state index in [1.54, 1.807) is 11.8 Å². The number of nitrogens with zero attached hydrogens (tertiary/aromatic N) is 2. The lowest BCUT2D eigenvalue weighted by Gasteiger charge is -2.26. The van der Waals surface area contributed by atoms with Crippen molar-refractivity contribution >= 4 is 32.5 Å². The number of amidine groups is 1. The molecule has 0 radical (unpaired) electrons. The van der Waals surface area contributed by atoms with Crippen LogP contribution >= 0.6 is 11.8 Å². The van der Waals surface area contributed by atoms with E-state index < -0.39 is 9.84 Å². The summed E-state index contributed by atoms with van der Waals surface area (Å²) in [4.78, 5) is 6.88. The summed E-state index contributed by atoms with van der Waals surface area (Å²) in [5, 5.41) is 0.927. The van der Waals surface area contributed by atoms with Crippen LogP contribution in [0.3, 0.4) is 0 Å². The van der Waals surface area contributed by atoms with Gasteiger partial charge < -0.3 is 4.90 Å². The normalized spacial score (nSPS) is 24.2. The van der Waals surface area contributed by atoms with Crippen LogP contribution in [0.15, 0.2) is 59.6 Å². The molecule has 2 aliphatic heterocycles. The third-order valence-electron chi connectivity index (χ3n) is 4.63. The highest BCUT2D eigenvalue weighted by atomic mass is 32.2. The van der Waals surface area contributed by atoms with Crippen molar-refractivity contribution in [3.05, 3.63) is 65.7 Å². The van der Waals surface area contributed by atoms with Gasteiger partial charge in [-0.3, -0.25) is 4.99 Å². The maximum absolute atomic E-state index is 12.0. The molecule has 0 aliphatic carbocycles. The Morgan fingerprint density at radius 3 is 2.52 bits per heavy atom.